The molecule has 2 aliphatic rings. The highest BCUT2D eigenvalue weighted by molar-refractivity contribution is 7.91. The van der Waals surface area contributed by atoms with Crippen molar-refractivity contribution in [3.63, 3.8) is 0 Å². The van der Waals surface area contributed by atoms with Crippen LogP contribution in [0.4, 0.5) is 10.2 Å². The molecule has 0 spiro atoms. The van der Waals surface area contributed by atoms with Crippen LogP contribution in [-0.2, 0) is 19.5 Å². The van der Waals surface area contributed by atoms with Crippen molar-refractivity contribution >= 4 is 27.3 Å². The molecule has 2 atom stereocenters. The van der Waals surface area contributed by atoms with Crippen molar-refractivity contribution in [3.8, 4) is 0 Å². The zero-order valence-electron chi connectivity index (χ0n) is 15.1. The summed E-state index contributed by atoms with van der Waals surface area (Å²) in [4.78, 5) is 17.8. The summed E-state index contributed by atoms with van der Waals surface area (Å²) in [5.74, 6) is -0.270. The quantitative estimate of drug-likeness (QED) is 0.834. The topological polar surface area (TPSA) is 103 Å². The van der Waals surface area contributed by atoms with Gasteiger partial charge in [-0.1, -0.05) is 17.3 Å². The zero-order valence-corrected chi connectivity index (χ0v) is 15.9. The lowest BCUT2D eigenvalue weighted by atomic mass is 10.0. The molecule has 1 aromatic carbocycles. The molecule has 28 heavy (non-hydrogen) atoms. The van der Waals surface area contributed by atoms with Gasteiger partial charge in [-0.25, -0.2) is 17.5 Å². The Balaban J connectivity index is 1.45. The van der Waals surface area contributed by atoms with Crippen LogP contribution in [0.25, 0.3) is 0 Å². The third-order valence-corrected chi connectivity index (χ3v) is 6.53. The number of sulfone groups is 1. The number of aryl methyl sites for hydroxylation is 1. The molecule has 1 amide bonds. The minimum atomic E-state index is -3.08. The van der Waals surface area contributed by atoms with Crippen LogP contribution >= 0.6 is 0 Å². The fourth-order valence-corrected chi connectivity index (χ4v) is 5.11. The van der Waals surface area contributed by atoms with E-state index in [1.165, 1.54) is 12.1 Å². The van der Waals surface area contributed by atoms with Gasteiger partial charge in [0, 0.05) is 18.1 Å². The fraction of sp³-hybridized carbons (Fsp3) is 0.389. The predicted octanol–water partition coefficient (Wildman–Crippen LogP) is 1.82. The van der Waals surface area contributed by atoms with E-state index < -0.39 is 21.8 Å². The summed E-state index contributed by atoms with van der Waals surface area (Å²) in [6, 6.07) is 7.31. The number of carbonyl (C=O) groups is 1. The van der Waals surface area contributed by atoms with Crippen LogP contribution in [0.5, 0.6) is 0 Å². The van der Waals surface area contributed by atoms with Crippen LogP contribution in [-0.4, -0.2) is 47.4 Å². The Hall–Kier alpha value is -2.75. The van der Waals surface area contributed by atoms with Gasteiger partial charge in [0.2, 0.25) is 6.10 Å². The maximum Gasteiger partial charge on any atom is 0.269 e. The molecule has 3 heterocycles. The molecule has 0 radical (unpaired) electrons. The number of amides is 1. The molecule has 2 aliphatic heterocycles. The van der Waals surface area contributed by atoms with Gasteiger partial charge < -0.3 is 10.2 Å². The molecular formula is C18H19FN4O4S. The molecule has 1 fully saturated rings. The number of carbonyl (C=O) groups excluding carboxylic acids is 1. The molecule has 1 saturated heterocycles. The molecule has 8 nitrogen and oxygen atoms in total. The summed E-state index contributed by atoms with van der Waals surface area (Å²) in [5, 5.41) is 11.0. The van der Waals surface area contributed by atoms with Gasteiger partial charge in [-0.2, -0.15) is 5.10 Å². The highest BCUT2D eigenvalue weighted by Gasteiger charge is 2.33. The van der Waals surface area contributed by atoms with Crippen LogP contribution < -0.4 is 5.32 Å². The van der Waals surface area contributed by atoms with E-state index in [1.54, 1.807) is 29.8 Å². The number of aromatic nitrogens is 2. The van der Waals surface area contributed by atoms with Crippen molar-refractivity contribution in [1.82, 2.24) is 9.78 Å². The minimum Gasteiger partial charge on any atom is -0.382 e. The molecule has 10 heteroatoms. The number of nitrogens with zero attached hydrogens (tertiary/aromatic N) is 3. The number of benzene rings is 1. The first-order valence-corrected chi connectivity index (χ1v) is 10.7. The fourth-order valence-electron chi connectivity index (χ4n) is 3.42. The Morgan fingerprint density at radius 1 is 1.36 bits per heavy atom. The Kier molecular flexibility index (Phi) is 4.66. The van der Waals surface area contributed by atoms with E-state index in [-0.39, 0.29) is 29.8 Å². The van der Waals surface area contributed by atoms with Crippen LogP contribution in [0.2, 0.25) is 0 Å². The summed E-state index contributed by atoms with van der Waals surface area (Å²) in [6.45, 7) is 1.77. The Bertz CT molecular complexity index is 1060. The van der Waals surface area contributed by atoms with Gasteiger partial charge in [0.25, 0.3) is 5.91 Å². The summed E-state index contributed by atoms with van der Waals surface area (Å²) >= 11 is 0. The number of nitrogens with one attached hydrogen (secondary N) is 1. The van der Waals surface area contributed by atoms with Crippen LogP contribution in [0.15, 0.2) is 35.5 Å². The van der Waals surface area contributed by atoms with E-state index in [2.05, 4.69) is 15.6 Å². The highest BCUT2D eigenvalue weighted by atomic mass is 32.2. The predicted molar refractivity (Wildman–Crippen MR) is 100 cm³/mol. The molecule has 148 valence electrons. The number of oxime groups is 1. The second-order valence-electron chi connectivity index (χ2n) is 7.01. The van der Waals surface area contributed by atoms with Crippen LogP contribution in [0, 0.1) is 12.7 Å². The average Bonchev–Trinajstić information content (AvgIpc) is 3.33. The monoisotopic (exact) mass is 406 g/mol. The number of hydrogen-bond donors (Lipinski definition) is 1. The summed E-state index contributed by atoms with van der Waals surface area (Å²) in [6.07, 6.45) is -0.187. The van der Waals surface area contributed by atoms with Crippen molar-refractivity contribution in [3.05, 3.63) is 47.4 Å². The lowest BCUT2D eigenvalue weighted by Gasteiger charge is -2.15. The van der Waals surface area contributed by atoms with Crippen molar-refractivity contribution in [2.24, 2.45) is 5.16 Å². The molecule has 0 bridgehead atoms. The second kappa shape index (κ2) is 7.01. The molecule has 1 N–H and O–H groups in total. The molecule has 2 aromatic rings. The van der Waals surface area contributed by atoms with Crippen molar-refractivity contribution in [2.45, 2.75) is 31.9 Å². The second-order valence-corrected chi connectivity index (χ2v) is 9.24. The third-order valence-electron chi connectivity index (χ3n) is 4.78. The molecule has 4 rings (SSSR count). The van der Waals surface area contributed by atoms with Crippen molar-refractivity contribution in [1.29, 1.82) is 0 Å². The smallest absolute Gasteiger partial charge is 0.269 e. The lowest BCUT2D eigenvalue weighted by Crippen LogP contribution is -2.29. The SMILES string of the molecule is Cc1cc(NC(=O)C2CC(c3cccc(F)c3)=NO2)n(C2CCS(=O)(=O)C2)n1. The third kappa shape index (κ3) is 3.77. The molecule has 0 saturated carbocycles. The largest absolute Gasteiger partial charge is 0.382 e. The van der Waals surface area contributed by atoms with Gasteiger partial charge in [0.15, 0.2) is 9.84 Å². The standard InChI is InChI=1S/C18H19FN4O4S/c1-11-7-17(23(21-11)14-5-6-28(25,26)10-14)20-18(24)16-9-15(22-27-16)12-3-2-4-13(19)8-12/h2-4,7-8,14,16H,5-6,9-10H2,1H3,(H,20,24). The first-order valence-electron chi connectivity index (χ1n) is 8.87. The van der Waals surface area contributed by atoms with Gasteiger partial charge in [-0.05, 0) is 25.5 Å². The Labute approximate surface area is 161 Å². The van der Waals surface area contributed by atoms with E-state index in [1.807, 2.05) is 0 Å². The first kappa shape index (κ1) is 18.6. The maximum absolute atomic E-state index is 13.4. The summed E-state index contributed by atoms with van der Waals surface area (Å²) in [7, 11) is -3.08. The van der Waals surface area contributed by atoms with Gasteiger partial charge >= 0.3 is 0 Å². The van der Waals surface area contributed by atoms with E-state index >= 15 is 0 Å². The summed E-state index contributed by atoms with van der Waals surface area (Å²) in [5.41, 5.74) is 1.72. The van der Waals surface area contributed by atoms with Crippen LogP contribution in [0.1, 0.15) is 30.1 Å². The van der Waals surface area contributed by atoms with E-state index in [0.29, 0.717) is 29.2 Å². The first-order chi connectivity index (χ1) is 13.3. The molecule has 2 unspecified atom stereocenters. The van der Waals surface area contributed by atoms with Crippen LogP contribution in [0.3, 0.4) is 0 Å². The minimum absolute atomic E-state index is 0.00372. The van der Waals surface area contributed by atoms with Gasteiger partial charge in [-0.15, -0.1) is 0 Å². The van der Waals surface area contributed by atoms with E-state index in [4.69, 9.17) is 4.84 Å². The van der Waals surface area contributed by atoms with Crippen molar-refractivity contribution < 1.29 is 22.4 Å². The molecule has 0 aliphatic carbocycles. The number of hydrogen-bond acceptors (Lipinski definition) is 6. The Morgan fingerprint density at radius 2 is 2.18 bits per heavy atom. The number of anilines is 1. The van der Waals surface area contributed by atoms with Gasteiger partial charge in [-0.3, -0.25) is 4.79 Å². The number of halogens is 1. The average molecular weight is 406 g/mol. The zero-order chi connectivity index (χ0) is 19.9. The maximum atomic E-state index is 13.4. The molecular weight excluding hydrogens is 387 g/mol. The number of rotatable bonds is 4. The lowest BCUT2D eigenvalue weighted by molar-refractivity contribution is -0.125. The van der Waals surface area contributed by atoms with E-state index in [0.717, 1.165) is 0 Å². The normalized spacial score (nSPS) is 23.3. The van der Waals surface area contributed by atoms with Crippen molar-refractivity contribution in [2.75, 3.05) is 16.8 Å². The van der Waals surface area contributed by atoms with E-state index in [9.17, 15) is 17.6 Å². The summed E-state index contributed by atoms with van der Waals surface area (Å²) < 4.78 is 38.5. The highest BCUT2D eigenvalue weighted by Crippen LogP contribution is 2.27. The van der Waals surface area contributed by atoms with Gasteiger partial charge in [0.1, 0.15) is 11.6 Å². The molecule has 1 aromatic heterocycles. The van der Waals surface area contributed by atoms with Gasteiger partial charge in [0.05, 0.1) is 29.0 Å². The Morgan fingerprint density at radius 3 is 2.89 bits per heavy atom.